The smallest absolute Gasteiger partial charge is 0.220 e. The number of hydrogen-bond acceptors (Lipinski definition) is 3. The predicted molar refractivity (Wildman–Crippen MR) is 86.6 cm³/mol. The van der Waals surface area contributed by atoms with Crippen LogP contribution in [0.3, 0.4) is 0 Å². The number of aliphatic hydroxyl groups excluding tert-OH is 1. The van der Waals surface area contributed by atoms with Crippen molar-refractivity contribution in [3.05, 3.63) is 36.0 Å². The number of carbonyl (C=O) groups is 1. The summed E-state index contributed by atoms with van der Waals surface area (Å²) in [4.78, 5) is 15.2. The molecule has 0 unspecified atom stereocenters. The second-order valence-corrected chi connectivity index (χ2v) is 5.98. The number of hydrogen-bond donors (Lipinski definition) is 4. The van der Waals surface area contributed by atoms with Crippen molar-refractivity contribution in [2.75, 3.05) is 19.6 Å². The van der Waals surface area contributed by atoms with Crippen molar-refractivity contribution in [2.45, 2.75) is 25.4 Å². The highest BCUT2D eigenvalue weighted by atomic mass is 16.3. The fourth-order valence-corrected chi connectivity index (χ4v) is 3.05. The average molecular weight is 301 g/mol. The van der Waals surface area contributed by atoms with E-state index in [1.165, 1.54) is 10.9 Å². The van der Waals surface area contributed by atoms with E-state index in [9.17, 15) is 9.90 Å². The van der Waals surface area contributed by atoms with Gasteiger partial charge in [-0.2, -0.15) is 0 Å². The van der Waals surface area contributed by atoms with E-state index in [0.717, 1.165) is 24.9 Å². The van der Waals surface area contributed by atoms with Crippen LogP contribution in [0.2, 0.25) is 0 Å². The number of fused-ring (bicyclic) bond motifs is 1. The van der Waals surface area contributed by atoms with E-state index in [1.54, 1.807) is 0 Å². The summed E-state index contributed by atoms with van der Waals surface area (Å²) >= 11 is 0. The van der Waals surface area contributed by atoms with Crippen molar-refractivity contribution in [3.63, 3.8) is 0 Å². The van der Waals surface area contributed by atoms with Gasteiger partial charge in [-0.15, -0.1) is 0 Å². The van der Waals surface area contributed by atoms with Gasteiger partial charge in [0.25, 0.3) is 0 Å². The van der Waals surface area contributed by atoms with Gasteiger partial charge in [-0.05, 0) is 31.0 Å². The number of aryl methyl sites for hydroxylation is 1. The highest BCUT2D eigenvalue weighted by molar-refractivity contribution is 5.84. The molecule has 0 spiro atoms. The van der Waals surface area contributed by atoms with Crippen LogP contribution in [-0.2, 0) is 11.2 Å². The number of amides is 1. The molecule has 22 heavy (non-hydrogen) atoms. The molecule has 1 saturated heterocycles. The van der Waals surface area contributed by atoms with Gasteiger partial charge in [-0.1, -0.05) is 18.2 Å². The lowest BCUT2D eigenvalue weighted by Crippen LogP contribution is -2.45. The van der Waals surface area contributed by atoms with Crippen LogP contribution in [0.1, 0.15) is 18.4 Å². The number of nitrogens with one attached hydrogen (secondary N) is 3. The molecule has 5 heteroatoms. The summed E-state index contributed by atoms with van der Waals surface area (Å²) in [6.07, 6.45) is 3.73. The maximum absolute atomic E-state index is 12.0. The molecule has 2 heterocycles. The lowest BCUT2D eigenvalue weighted by atomic mass is 9.95. The molecule has 1 aliphatic rings. The highest BCUT2D eigenvalue weighted by Gasteiger charge is 2.22. The van der Waals surface area contributed by atoms with Crippen LogP contribution in [0.5, 0.6) is 0 Å². The Labute approximate surface area is 130 Å². The molecule has 1 amide bonds. The van der Waals surface area contributed by atoms with Crippen molar-refractivity contribution in [1.29, 1.82) is 0 Å². The zero-order valence-corrected chi connectivity index (χ0v) is 12.6. The minimum atomic E-state index is -0.359. The van der Waals surface area contributed by atoms with E-state index >= 15 is 0 Å². The van der Waals surface area contributed by atoms with Crippen molar-refractivity contribution in [2.24, 2.45) is 5.92 Å². The Hall–Kier alpha value is -1.85. The molecular weight excluding hydrogens is 278 g/mol. The Balaban J connectivity index is 1.48. The first-order valence-electron chi connectivity index (χ1n) is 7.94. The van der Waals surface area contributed by atoms with Crippen LogP contribution in [0.15, 0.2) is 30.5 Å². The predicted octanol–water partition coefficient (Wildman–Crippen LogP) is 1.19. The van der Waals surface area contributed by atoms with Crippen LogP contribution >= 0.6 is 0 Å². The van der Waals surface area contributed by atoms with Crippen molar-refractivity contribution in [3.8, 4) is 0 Å². The van der Waals surface area contributed by atoms with E-state index in [2.05, 4.69) is 21.7 Å². The minimum absolute atomic E-state index is 0.0519. The zero-order valence-electron chi connectivity index (χ0n) is 12.6. The molecule has 4 N–H and O–H groups in total. The van der Waals surface area contributed by atoms with Gasteiger partial charge in [0.2, 0.25) is 5.91 Å². The molecule has 0 saturated carbocycles. The zero-order chi connectivity index (χ0) is 15.4. The fraction of sp³-hybridized carbons (Fsp3) is 0.471. The Morgan fingerprint density at radius 2 is 2.23 bits per heavy atom. The van der Waals surface area contributed by atoms with Crippen molar-refractivity contribution in [1.82, 2.24) is 15.6 Å². The van der Waals surface area contributed by atoms with Gasteiger partial charge in [-0.25, -0.2) is 0 Å². The van der Waals surface area contributed by atoms with Crippen LogP contribution in [0.4, 0.5) is 0 Å². The quantitative estimate of drug-likeness (QED) is 0.670. The van der Waals surface area contributed by atoms with Gasteiger partial charge in [0.1, 0.15) is 0 Å². The van der Waals surface area contributed by atoms with Gasteiger partial charge in [0.05, 0.1) is 6.10 Å². The molecule has 0 aliphatic carbocycles. The number of aromatic nitrogens is 1. The molecule has 1 aromatic carbocycles. The largest absolute Gasteiger partial charge is 0.391 e. The molecule has 0 bridgehead atoms. The van der Waals surface area contributed by atoms with Crippen LogP contribution < -0.4 is 10.6 Å². The molecular formula is C17H23N3O2. The lowest BCUT2D eigenvalue weighted by molar-refractivity contribution is -0.121. The molecule has 2 atom stereocenters. The summed E-state index contributed by atoms with van der Waals surface area (Å²) < 4.78 is 0. The summed E-state index contributed by atoms with van der Waals surface area (Å²) in [7, 11) is 0. The summed E-state index contributed by atoms with van der Waals surface area (Å²) in [5.41, 5.74) is 2.28. The molecule has 118 valence electrons. The maximum Gasteiger partial charge on any atom is 0.220 e. The molecule has 1 aromatic heterocycles. The minimum Gasteiger partial charge on any atom is -0.391 e. The molecule has 3 rings (SSSR count). The first-order chi connectivity index (χ1) is 10.7. The number of benzene rings is 1. The number of H-pyrrole nitrogens is 1. The van der Waals surface area contributed by atoms with Crippen LogP contribution in [0, 0.1) is 5.92 Å². The second kappa shape index (κ2) is 6.94. The van der Waals surface area contributed by atoms with E-state index in [4.69, 9.17) is 0 Å². The van der Waals surface area contributed by atoms with E-state index in [-0.39, 0.29) is 17.9 Å². The summed E-state index contributed by atoms with van der Waals surface area (Å²) in [6.45, 7) is 2.10. The summed E-state index contributed by atoms with van der Waals surface area (Å²) in [5, 5.41) is 17.1. The van der Waals surface area contributed by atoms with E-state index in [1.807, 2.05) is 24.4 Å². The first kappa shape index (κ1) is 15.1. The number of aliphatic hydroxyl groups is 1. The Morgan fingerprint density at radius 3 is 3.09 bits per heavy atom. The van der Waals surface area contributed by atoms with Gasteiger partial charge in [-0.3, -0.25) is 4.79 Å². The van der Waals surface area contributed by atoms with Gasteiger partial charge < -0.3 is 20.7 Å². The number of piperidine rings is 1. The topological polar surface area (TPSA) is 77.2 Å². The molecule has 2 aromatic rings. The van der Waals surface area contributed by atoms with E-state index < -0.39 is 0 Å². The third kappa shape index (κ3) is 3.48. The van der Waals surface area contributed by atoms with Gasteiger partial charge in [0, 0.05) is 42.5 Å². The Kier molecular flexibility index (Phi) is 4.75. The average Bonchev–Trinajstić information content (AvgIpc) is 2.95. The summed E-state index contributed by atoms with van der Waals surface area (Å²) in [5.74, 6) is 0.217. The fourth-order valence-electron chi connectivity index (χ4n) is 3.05. The Morgan fingerprint density at radius 1 is 1.36 bits per heavy atom. The molecule has 1 fully saturated rings. The van der Waals surface area contributed by atoms with Gasteiger partial charge >= 0.3 is 0 Å². The second-order valence-electron chi connectivity index (χ2n) is 5.98. The molecule has 5 nitrogen and oxygen atoms in total. The van der Waals surface area contributed by atoms with E-state index in [0.29, 0.717) is 19.5 Å². The SMILES string of the molecule is O=C(CCc1c[nH]c2ccccc12)NC[C@@H]1CCNC[C@H]1O. The molecule has 1 aliphatic heterocycles. The number of carbonyl (C=O) groups excluding carboxylic acids is 1. The van der Waals surface area contributed by atoms with Crippen LogP contribution in [-0.4, -0.2) is 41.7 Å². The number of β-amino-alcohol motifs (C(OH)–C–C–N with tert-alkyl or cyclic N) is 1. The monoisotopic (exact) mass is 301 g/mol. The van der Waals surface area contributed by atoms with Crippen molar-refractivity contribution >= 4 is 16.8 Å². The number of para-hydroxylation sites is 1. The number of aromatic amines is 1. The normalized spacial score (nSPS) is 21.9. The maximum atomic E-state index is 12.0. The number of rotatable bonds is 5. The van der Waals surface area contributed by atoms with Gasteiger partial charge in [0.15, 0.2) is 0 Å². The first-order valence-corrected chi connectivity index (χ1v) is 7.94. The third-order valence-corrected chi connectivity index (χ3v) is 4.45. The highest BCUT2D eigenvalue weighted by Crippen LogP contribution is 2.19. The summed E-state index contributed by atoms with van der Waals surface area (Å²) in [6, 6.07) is 8.12. The lowest BCUT2D eigenvalue weighted by Gasteiger charge is -2.28. The standard InChI is InChI=1S/C17H23N3O2/c21-16-11-18-8-7-13(16)10-20-17(22)6-5-12-9-19-15-4-2-1-3-14(12)15/h1-4,9,13,16,18-19,21H,5-8,10-11H2,(H,20,22)/t13-,16+/m0/s1. The van der Waals surface area contributed by atoms with Crippen LogP contribution in [0.25, 0.3) is 10.9 Å². The molecule has 0 radical (unpaired) electrons. The third-order valence-electron chi connectivity index (χ3n) is 4.45. The Bertz CT molecular complexity index is 638. The van der Waals surface area contributed by atoms with Crippen molar-refractivity contribution < 1.29 is 9.90 Å².